The van der Waals surface area contributed by atoms with Crippen LogP contribution in [0.2, 0.25) is 0 Å². The highest BCUT2D eigenvalue weighted by atomic mass is 16.7. The van der Waals surface area contributed by atoms with Gasteiger partial charge in [0.2, 0.25) is 17.7 Å². The molecule has 0 spiro atoms. The van der Waals surface area contributed by atoms with E-state index >= 15 is 0 Å². The maximum atomic E-state index is 13.4. The number of amides is 4. The zero-order valence-electron chi connectivity index (χ0n) is 34.4. The Morgan fingerprint density at radius 3 is 1.84 bits per heavy atom. The highest BCUT2D eigenvalue weighted by molar-refractivity contribution is 5.88. The Labute approximate surface area is 339 Å². The molecule has 0 radical (unpaired) electrons. The second kappa shape index (κ2) is 31.7. The Morgan fingerprint density at radius 2 is 1.21 bits per heavy atom. The van der Waals surface area contributed by atoms with Crippen molar-refractivity contribution in [2.75, 3.05) is 73.0 Å². The Hall–Kier alpha value is -4.37. The summed E-state index contributed by atoms with van der Waals surface area (Å²) in [6.45, 7) is 6.99. The zero-order chi connectivity index (χ0) is 41.4. The van der Waals surface area contributed by atoms with Crippen LogP contribution >= 0.6 is 0 Å². The lowest BCUT2D eigenvalue weighted by Gasteiger charge is -2.25. The fraction of sp³-hybridized carbons (Fsp3) is 0.605. The van der Waals surface area contributed by atoms with Crippen LogP contribution in [-0.4, -0.2) is 114 Å². The Bertz CT molecular complexity index is 1410. The number of carbonyl (C=O) groups is 5. The average Bonchev–Trinajstić information content (AvgIpc) is 3.21. The maximum absolute atomic E-state index is 13.4. The van der Waals surface area contributed by atoms with Gasteiger partial charge in [-0.15, -0.1) is 0 Å². The third-order valence-corrected chi connectivity index (χ3v) is 8.72. The van der Waals surface area contributed by atoms with Gasteiger partial charge in [-0.2, -0.15) is 5.48 Å². The predicted molar refractivity (Wildman–Crippen MR) is 217 cm³/mol. The number of hydrogen-bond donors (Lipinski definition) is 3. The smallest absolute Gasteiger partial charge is 0.332 e. The topological polar surface area (TPSA) is 171 Å². The molecular weight excluding hydrogens is 732 g/mol. The van der Waals surface area contributed by atoms with Crippen LogP contribution in [0.1, 0.15) is 88.3 Å². The summed E-state index contributed by atoms with van der Waals surface area (Å²) in [6.07, 6.45) is 7.79. The van der Waals surface area contributed by atoms with Gasteiger partial charge in [-0.3, -0.25) is 19.2 Å². The number of likely N-dealkylation sites (N-methyl/N-ethyl adjacent to an activating group) is 1. The molecule has 2 rings (SSSR count). The fourth-order valence-electron chi connectivity index (χ4n) is 5.65. The fourth-order valence-corrected chi connectivity index (χ4v) is 5.65. The summed E-state index contributed by atoms with van der Waals surface area (Å²) in [5, 5.41) is 5.56. The van der Waals surface area contributed by atoms with E-state index in [9.17, 15) is 24.0 Å². The molecule has 0 saturated carbocycles. The van der Waals surface area contributed by atoms with Gasteiger partial charge in [0.25, 0.3) is 5.91 Å². The summed E-state index contributed by atoms with van der Waals surface area (Å²) in [6, 6.07) is 17.5. The molecule has 57 heavy (non-hydrogen) atoms. The summed E-state index contributed by atoms with van der Waals surface area (Å²) >= 11 is 0. The van der Waals surface area contributed by atoms with Crippen molar-refractivity contribution in [3.63, 3.8) is 0 Å². The molecule has 0 heterocycles. The maximum Gasteiger partial charge on any atom is 0.332 e. The first kappa shape index (κ1) is 48.8. The van der Waals surface area contributed by atoms with Gasteiger partial charge in [-0.1, -0.05) is 68.4 Å². The molecule has 0 bridgehead atoms. The number of unbranched alkanes of at least 4 members (excludes halogenated alkanes) is 2. The molecule has 0 aromatic heterocycles. The molecule has 0 fully saturated rings. The van der Waals surface area contributed by atoms with Crippen molar-refractivity contribution in [3.05, 3.63) is 71.3 Å². The molecule has 0 aliphatic heterocycles. The number of rotatable bonds is 32. The molecule has 2 aromatic carbocycles. The van der Waals surface area contributed by atoms with Crippen LogP contribution in [0.5, 0.6) is 0 Å². The number of hydrogen-bond acceptors (Lipinski definition) is 10. The van der Waals surface area contributed by atoms with E-state index in [2.05, 4.69) is 40.4 Å². The van der Waals surface area contributed by atoms with E-state index < -0.39 is 23.8 Å². The number of nitrogens with one attached hydrogen (secondary N) is 3. The number of nitrogens with zero attached hydrogens (tertiary/aromatic N) is 1. The lowest BCUT2D eigenvalue weighted by Crippen LogP contribution is -2.48. The van der Waals surface area contributed by atoms with E-state index in [4.69, 9.17) is 23.8 Å². The van der Waals surface area contributed by atoms with Crippen molar-refractivity contribution in [1.82, 2.24) is 21.0 Å². The van der Waals surface area contributed by atoms with Gasteiger partial charge < -0.3 is 39.3 Å². The molecule has 2 aromatic rings. The van der Waals surface area contributed by atoms with Crippen molar-refractivity contribution < 1.29 is 47.8 Å². The van der Waals surface area contributed by atoms with Gasteiger partial charge in [0, 0.05) is 39.8 Å². The highest BCUT2D eigenvalue weighted by Crippen LogP contribution is 2.12. The molecular formula is C43H66N4O10. The first-order valence-corrected chi connectivity index (χ1v) is 20.4. The van der Waals surface area contributed by atoms with Gasteiger partial charge in [0.05, 0.1) is 32.8 Å². The predicted octanol–water partition coefficient (Wildman–Crippen LogP) is 4.27. The molecule has 3 N–H and O–H groups in total. The van der Waals surface area contributed by atoms with E-state index in [1.807, 2.05) is 44.2 Å². The SMILES string of the molecule is CCCOCCOCC(=O)NCCCC[C@H](NC(=O)COCCOCCC)C(=O)N(C)CCCC(=O)ONC(=O)Cc1ccc(CCCCc2ccccc2)cc1. The lowest BCUT2D eigenvalue weighted by molar-refractivity contribution is -0.158. The zero-order valence-corrected chi connectivity index (χ0v) is 34.4. The largest absolute Gasteiger partial charge is 0.379 e. The second-order valence-corrected chi connectivity index (χ2v) is 13.8. The molecule has 318 valence electrons. The second-order valence-electron chi connectivity index (χ2n) is 13.8. The van der Waals surface area contributed by atoms with Crippen LogP contribution in [0.25, 0.3) is 0 Å². The number of benzene rings is 2. The number of aryl methyl sites for hydroxylation is 2. The summed E-state index contributed by atoms with van der Waals surface area (Å²) in [5.41, 5.74) is 5.58. The molecule has 1 atom stereocenters. The van der Waals surface area contributed by atoms with Crippen LogP contribution in [0, 0.1) is 0 Å². The molecule has 0 saturated heterocycles. The van der Waals surface area contributed by atoms with Crippen molar-refractivity contribution in [1.29, 1.82) is 0 Å². The standard InChI is InChI=1S/C43H66N4O10/c1-4-26-53-28-30-55-33-40(49)44-24-12-11-18-38(45-41(50)34-56-31-29-54-27-5-2)43(52)47(3)25-13-19-42(51)57-46-39(48)32-37-22-20-36(21-23-37)17-10-9-16-35-14-7-6-8-15-35/h6-8,14-15,20-23,38H,4-5,9-13,16-19,24-34H2,1-3H3,(H,44,49)(H,45,50)(H,46,48)/t38-/m0/s1. The van der Waals surface area contributed by atoms with Gasteiger partial charge in [0.15, 0.2) is 0 Å². The quantitative estimate of drug-likeness (QED) is 0.0718. The first-order valence-electron chi connectivity index (χ1n) is 20.4. The van der Waals surface area contributed by atoms with Crippen LogP contribution < -0.4 is 16.1 Å². The molecule has 14 heteroatoms. The van der Waals surface area contributed by atoms with Crippen LogP contribution in [0.15, 0.2) is 54.6 Å². The van der Waals surface area contributed by atoms with Gasteiger partial charge >= 0.3 is 5.97 Å². The minimum atomic E-state index is -0.829. The van der Waals surface area contributed by atoms with E-state index in [0.717, 1.165) is 44.1 Å². The number of ether oxygens (including phenoxy) is 4. The van der Waals surface area contributed by atoms with Crippen molar-refractivity contribution in [2.24, 2.45) is 0 Å². The molecule has 0 unspecified atom stereocenters. The normalized spacial score (nSPS) is 11.4. The summed E-state index contributed by atoms with van der Waals surface area (Å²) in [7, 11) is 1.60. The monoisotopic (exact) mass is 798 g/mol. The minimum Gasteiger partial charge on any atom is -0.379 e. The Morgan fingerprint density at radius 1 is 0.632 bits per heavy atom. The summed E-state index contributed by atoms with van der Waals surface area (Å²) in [4.78, 5) is 69.3. The molecule has 14 nitrogen and oxygen atoms in total. The van der Waals surface area contributed by atoms with Gasteiger partial charge in [-0.25, -0.2) is 4.79 Å². The van der Waals surface area contributed by atoms with Crippen molar-refractivity contribution in [2.45, 2.75) is 96.9 Å². The Kier molecular flexibility index (Phi) is 27.1. The van der Waals surface area contributed by atoms with Crippen LogP contribution in [0.4, 0.5) is 0 Å². The van der Waals surface area contributed by atoms with Gasteiger partial charge in [0.1, 0.15) is 19.3 Å². The van der Waals surface area contributed by atoms with E-state index in [1.54, 1.807) is 7.05 Å². The third-order valence-electron chi connectivity index (χ3n) is 8.72. The van der Waals surface area contributed by atoms with E-state index in [1.165, 1.54) is 16.0 Å². The van der Waals surface area contributed by atoms with Crippen molar-refractivity contribution in [3.8, 4) is 0 Å². The number of carbonyl (C=O) groups excluding carboxylic acids is 5. The minimum absolute atomic E-state index is 0.0307. The molecule has 4 amide bonds. The highest BCUT2D eigenvalue weighted by Gasteiger charge is 2.24. The first-order chi connectivity index (χ1) is 27.7. The summed E-state index contributed by atoms with van der Waals surface area (Å²) < 4.78 is 21.4. The summed E-state index contributed by atoms with van der Waals surface area (Å²) in [5.74, 6) is -2.07. The molecule has 0 aliphatic carbocycles. The lowest BCUT2D eigenvalue weighted by atomic mass is 10.0. The van der Waals surface area contributed by atoms with Gasteiger partial charge in [-0.05, 0) is 80.9 Å². The average molecular weight is 799 g/mol. The Balaban J connectivity index is 1.70. The third kappa shape index (κ3) is 24.8. The van der Waals surface area contributed by atoms with E-state index in [-0.39, 0.29) is 57.4 Å². The molecule has 0 aliphatic rings. The van der Waals surface area contributed by atoms with Crippen LogP contribution in [-0.2, 0) is 67.0 Å². The van der Waals surface area contributed by atoms with Crippen molar-refractivity contribution >= 4 is 29.6 Å². The van der Waals surface area contributed by atoms with E-state index in [0.29, 0.717) is 58.8 Å². The van der Waals surface area contributed by atoms with Crippen LogP contribution in [0.3, 0.4) is 0 Å². The number of hydroxylamine groups is 1.